The second-order valence-electron chi connectivity index (χ2n) is 8.98. The SMILES string of the molecule is CC.COC(=O)C(Cc1ccc(Nc2ncnc3cc4c(cc23)OCCO4)cc1)NC(=O)OC(C)(C)C. The number of aromatic nitrogens is 2. The molecule has 10 nitrogen and oxygen atoms in total. The Kier molecular flexibility index (Phi) is 9.10. The first kappa shape index (κ1) is 27.5. The summed E-state index contributed by atoms with van der Waals surface area (Å²) in [5.41, 5.74) is 1.67. The second kappa shape index (κ2) is 12.2. The molecular formula is C27H34N4O6. The van der Waals surface area contributed by atoms with Crippen molar-refractivity contribution in [1.82, 2.24) is 15.3 Å². The summed E-state index contributed by atoms with van der Waals surface area (Å²) in [6.45, 7) is 10.3. The van der Waals surface area contributed by atoms with Gasteiger partial charge in [0.05, 0.1) is 12.6 Å². The number of alkyl carbamates (subject to hydrolysis) is 1. The van der Waals surface area contributed by atoms with Gasteiger partial charge in [0, 0.05) is 23.6 Å². The predicted molar refractivity (Wildman–Crippen MR) is 140 cm³/mol. The Morgan fingerprint density at radius 3 is 2.30 bits per heavy atom. The van der Waals surface area contributed by atoms with Crippen molar-refractivity contribution in [2.45, 2.75) is 52.7 Å². The van der Waals surface area contributed by atoms with Crippen molar-refractivity contribution in [2.75, 3.05) is 25.6 Å². The van der Waals surface area contributed by atoms with Gasteiger partial charge >= 0.3 is 12.1 Å². The summed E-state index contributed by atoms with van der Waals surface area (Å²) < 4.78 is 21.4. The first-order chi connectivity index (χ1) is 17.7. The Labute approximate surface area is 216 Å². The van der Waals surface area contributed by atoms with Crippen LogP contribution in [-0.2, 0) is 20.7 Å². The number of anilines is 2. The number of nitrogens with zero attached hydrogens (tertiary/aromatic N) is 2. The van der Waals surface area contributed by atoms with Crippen molar-refractivity contribution in [3.8, 4) is 11.5 Å². The molecule has 1 aliphatic heterocycles. The van der Waals surface area contributed by atoms with Gasteiger partial charge in [-0.15, -0.1) is 0 Å². The summed E-state index contributed by atoms with van der Waals surface area (Å²) in [4.78, 5) is 33.1. The van der Waals surface area contributed by atoms with E-state index in [1.54, 1.807) is 20.8 Å². The fourth-order valence-electron chi connectivity index (χ4n) is 3.57. The Morgan fingerprint density at radius 1 is 1.03 bits per heavy atom. The number of amides is 1. The van der Waals surface area contributed by atoms with Crippen molar-refractivity contribution < 1.29 is 28.5 Å². The van der Waals surface area contributed by atoms with Gasteiger partial charge in [0.1, 0.15) is 37.0 Å². The molecule has 1 atom stereocenters. The van der Waals surface area contributed by atoms with Crippen molar-refractivity contribution in [1.29, 1.82) is 0 Å². The molecule has 0 spiro atoms. The van der Waals surface area contributed by atoms with Gasteiger partial charge in [-0.1, -0.05) is 26.0 Å². The molecule has 10 heteroatoms. The number of carbonyl (C=O) groups excluding carboxylic acids is 2. The highest BCUT2D eigenvalue weighted by molar-refractivity contribution is 5.93. The van der Waals surface area contributed by atoms with Crippen LogP contribution < -0.4 is 20.1 Å². The van der Waals surface area contributed by atoms with Gasteiger partial charge in [-0.25, -0.2) is 19.6 Å². The largest absolute Gasteiger partial charge is 0.486 e. The number of ether oxygens (including phenoxy) is 4. The van der Waals surface area contributed by atoms with Gasteiger partial charge in [-0.3, -0.25) is 0 Å². The molecule has 37 heavy (non-hydrogen) atoms. The molecule has 3 aromatic rings. The van der Waals surface area contributed by atoms with Gasteiger partial charge in [0.15, 0.2) is 11.5 Å². The third-order valence-corrected chi connectivity index (χ3v) is 5.13. The Morgan fingerprint density at radius 2 is 1.68 bits per heavy atom. The number of rotatable bonds is 6. The van der Waals surface area contributed by atoms with E-state index in [9.17, 15) is 9.59 Å². The summed E-state index contributed by atoms with van der Waals surface area (Å²) in [5.74, 6) is 1.39. The van der Waals surface area contributed by atoms with Gasteiger partial charge in [0.2, 0.25) is 0 Å². The number of methoxy groups -OCH3 is 1. The smallest absolute Gasteiger partial charge is 0.408 e. The van der Waals surface area contributed by atoms with E-state index < -0.39 is 23.7 Å². The van der Waals surface area contributed by atoms with Gasteiger partial charge in [0.25, 0.3) is 0 Å². The highest BCUT2D eigenvalue weighted by Gasteiger charge is 2.25. The standard InChI is InChI=1S/C25H28N4O6.C2H6/c1-25(2,3)35-24(31)29-19(23(30)32-4)11-15-5-7-16(8-6-15)28-22-17-12-20-21(34-10-9-33-20)13-18(17)26-14-27-22;1-2/h5-8,12-14,19H,9-11H2,1-4H3,(H,29,31)(H,26,27,28);1-2H3. The van der Waals surface area contributed by atoms with Crippen LogP contribution in [0.2, 0.25) is 0 Å². The lowest BCUT2D eigenvalue weighted by Gasteiger charge is -2.22. The van der Waals surface area contributed by atoms with Crippen molar-refractivity contribution in [3.05, 3.63) is 48.3 Å². The lowest BCUT2D eigenvalue weighted by Crippen LogP contribution is -2.45. The molecule has 2 aromatic carbocycles. The van der Waals surface area contributed by atoms with Crippen molar-refractivity contribution in [2.24, 2.45) is 0 Å². The van der Waals surface area contributed by atoms with Crippen LogP contribution in [0.1, 0.15) is 40.2 Å². The van der Waals surface area contributed by atoms with Crippen LogP contribution in [0, 0.1) is 0 Å². The van der Waals surface area contributed by atoms with Gasteiger partial charge in [-0.2, -0.15) is 0 Å². The molecule has 0 bridgehead atoms. The molecule has 1 aromatic heterocycles. The average molecular weight is 511 g/mol. The van der Waals surface area contributed by atoms with E-state index in [2.05, 4.69) is 20.6 Å². The molecule has 0 aliphatic carbocycles. The van der Waals surface area contributed by atoms with Crippen LogP contribution >= 0.6 is 0 Å². The molecule has 1 aliphatic rings. The fraction of sp³-hybridized carbons (Fsp3) is 0.407. The number of nitrogens with one attached hydrogen (secondary N) is 2. The molecule has 4 rings (SSSR count). The lowest BCUT2D eigenvalue weighted by atomic mass is 10.1. The summed E-state index contributed by atoms with van der Waals surface area (Å²) in [7, 11) is 1.28. The molecule has 1 unspecified atom stereocenters. The Bertz CT molecular complexity index is 1220. The number of carbonyl (C=O) groups is 2. The minimum atomic E-state index is -0.882. The van der Waals surface area contributed by atoms with Crippen LogP contribution in [0.25, 0.3) is 10.9 Å². The summed E-state index contributed by atoms with van der Waals surface area (Å²) >= 11 is 0. The Hall–Kier alpha value is -4.08. The molecule has 1 amide bonds. The van der Waals surface area contributed by atoms with E-state index in [0.29, 0.717) is 30.5 Å². The first-order valence-corrected chi connectivity index (χ1v) is 12.2. The third kappa shape index (κ3) is 7.45. The molecule has 0 saturated heterocycles. The number of hydrogen-bond donors (Lipinski definition) is 2. The molecular weight excluding hydrogens is 476 g/mol. The minimum Gasteiger partial charge on any atom is -0.486 e. The zero-order valence-electron chi connectivity index (χ0n) is 22.1. The average Bonchev–Trinajstić information content (AvgIpc) is 2.88. The summed E-state index contributed by atoms with van der Waals surface area (Å²) in [6.07, 6.45) is 1.04. The molecule has 0 fully saturated rings. The monoisotopic (exact) mass is 510 g/mol. The van der Waals surface area contributed by atoms with E-state index in [-0.39, 0.29) is 6.42 Å². The van der Waals surface area contributed by atoms with Crippen LogP contribution in [0.3, 0.4) is 0 Å². The number of hydrogen-bond acceptors (Lipinski definition) is 9. The molecule has 0 saturated carbocycles. The summed E-state index contributed by atoms with van der Waals surface area (Å²) in [6, 6.07) is 10.3. The van der Waals surface area contributed by atoms with Crippen LogP contribution in [0.15, 0.2) is 42.7 Å². The molecule has 2 heterocycles. The topological polar surface area (TPSA) is 121 Å². The van der Waals surface area contributed by atoms with E-state index in [4.69, 9.17) is 18.9 Å². The Balaban J connectivity index is 0.00000186. The van der Waals surface area contributed by atoms with Crippen LogP contribution in [-0.4, -0.2) is 54.0 Å². The number of benzene rings is 2. The highest BCUT2D eigenvalue weighted by Crippen LogP contribution is 2.36. The van der Waals surface area contributed by atoms with E-state index in [1.165, 1.54) is 13.4 Å². The zero-order chi connectivity index (χ0) is 27.0. The minimum absolute atomic E-state index is 0.242. The maximum Gasteiger partial charge on any atom is 0.408 e. The number of fused-ring (bicyclic) bond motifs is 2. The maximum atomic E-state index is 12.2. The van der Waals surface area contributed by atoms with E-state index >= 15 is 0 Å². The zero-order valence-corrected chi connectivity index (χ0v) is 22.1. The van der Waals surface area contributed by atoms with Crippen LogP contribution in [0.5, 0.6) is 11.5 Å². The van der Waals surface area contributed by atoms with Gasteiger partial charge < -0.3 is 29.6 Å². The third-order valence-electron chi connectivity index (χ3n) is 5.13. The van der Waals surface area contributed by atoms with Crippen molar-refractivity contribution >= 4 is 34.5 Å². The van der Waals surface area contributed by atoms with Crippen LogP contribution in [0.4, 0.5) is 16.3 Å². The van der Waals surface area contributed by atoms with E-state index in [0.717, 1.165) is 22.2 Å². The molecule has 2 N–H and O–H groups in total. The first-order valence-electron chi connectivity index (χ1n) is 12.2. The highest BCUT2D eigenvalue weighted by atomic mass is 16.6. The van der Waals surface area contributed by atoms with E-state index in [1.807, 2.05) is 50.2 Å². The van der Waals surface area contributed by atoms with Crippen molar-refractivity contribution in [3.63, 3.8) is 0 Å². The lowest BCUT2D eigenvalue weighted by molar-refractivity contribution is -0.143. The van der Waals surface area contributed by atoms with Gasteiger partial charge in [-0.05, 0) is 44.5 Å². The quantitative estimate of drug-likeness (QED) is 0.451. The second-order valence-corrected chi connectivity index (χ2v) is 8.98. The summed E-state index contributed by atoms with van der Waals surface area (Å²) in [5, 5.41) is 6.68. The maximum absolute atomic E-state index is 12.2. The molecule has 0 radical (unpaired) electrons. The normalized spacial score (nSPS) is 13.0. The number of esters is 1. The molecule has 198 valence electrons. The fourth-order valence-corrected chi connectivity index (χ4v) is 3.57. The predicted octanol–water partition coefficient (Wildman–Crippen LogP) is 4.78.